The van der Waals surface area contributed by atoms with Gasteiger partial charge in [0, 0.05) is 35.6 Å². The number of imidazole rings is 1. The number of carbonyl (C=O) groups excluding carboxylic acids is 1. The lowest BCUT2D eigenvalue weighted by molar-refractivity contribution is -0.274. The smallest absolute Gasteiger partial charge is 0.406 e. The summed E-state index contributed by atoms with van der Waals surface area (Å²) in [4.78, 5) is 19.5. The van der Waals surface area contributed by atoms with Crippen molar-refractivity contribution < 1.29 is 22.7 Å². The number of alkyl halides is 3. The number of hydrogen-bond donors (Lipinski definition) is 2. The molecule has 0 bridgehead atoms. The molecule has 0 radical (unpaired) electrons. The molecule has 1 amide bonds. The predicted octanol–water partition coefficient (Wildman–Crippen LogP) is 5.26. The van der Waals surface area contributed by atoms with E-state index in [4.69, 9.17) is 0 Å². The quantitative estimate of drug-likeness (QED) is 0.428. The van der Waals surface area contributed by atoms with Gasteiger partial charge in [0.15, 0.2) is 0 Å². The summed E-state index contributed by atoms with van der Waals surface area (Å²) < 4.78 is 42.9. The third kappa shape index (κ3) is 4.45. The highest BCUT2D eigenvalue weighted by Gasteiger charge is 2.31. The van der Waals surface area contributed by atoms with Crippen molar-refractivity contribution in [3.63, 3.8) is 0 Å². The molecular formula is C22H17F3N4O2. The molecule has 0 aliphatic heterocycles. The molecule has 158 valence electrons. The van der Waals surface area contributed by atoms with Gasteiger partial charge in [-0.25, -0.2) is 4.98 Å². The summed E-state index contributed by atoms with van der Waals surface area (Å²) in [6.07, 6.45) is -0.0543. The Balaban J connectivity index is 1.78. The highest BCUT2D eigenvalue weighted by Crippen LogP contribution is 2.35. The molecular weight excluding hydrogens is 409 g/mol. The second kappa shape index (κ2) is 7.67. The number of H-pyrrole nitrogens is 1. The first-order valence-corrected chi connectivity index (χ1v) is 9.16. The molecule has 0 aliphatic rings. The van der Waals surface area contributed by atoms with Crippen molar-refractivity contribution in [1.82, 2.24) is 14.5 Å². The minimum atomic E-state index is -4.74. The SMILES string of the molecule is C=CC(=O)Nc1cc(-c2cn(C)cn2)c2[nH]c(-c3ccc(OC(F)(F)F)cc3)cc2c1. The lowest BCUT2D eigenvalue weighted by Crippen LogP contribution is -2.16. The summed E-state index contributed by atoms with van der Waals surface area (Å²) >= 11 is 0. The van der Waals surface area contributed by atoms with E-state index in [-0.39, 0.29) is 11.7 Å². The lowest BCUT2D eigenvalue weighted by atomic mass is 10.1. The molecule has 0 aliphatic carbocycles. The number of fused-ring (bicyclic) bond motifs is 1. The standard InChI is InChI=1S/C22H17F3N4O2/c1-3-20(30)27-15-8-14-9-18(13-4-6-16(7-5-13)31-22(23,24)25)28-21(14)17(10-15)19-11-29(2)12-26-19/h3-12,28H,1H2,2H3,(H,27,30). The van der Waals surface area contributed by atoms with Crippen molar-refractivity contribution in [3.8, 4) is 28.3 Å². The molecule has 0 unspecified atom stereocenters. The lowest BCUT2D eigenvalue weighted by Gasteiger charge is -2.08. The topological polar surface area (TPSA) is 71.9 Å². The average Bonchev–Trinajstić information content (AvgIpc) is 3.33. The molecule has 6 nitrogen and oxygen atoms in total. The Morgan fingerprint density at radius 3 is 2.58 bits per heavy atom. The van der Waals surface area contributed by atoms with Gasteiger partial charge in [0.25, 0.3) is 0 Å². The Kier molecular flexibility index (Phi) is 5.02. The van der Waals surface area contributed by atoms with E-state index < -0.39 is 6.36 Å². The molecule has 0 atom stereocenters. The van der Waals surface area contributed by atoms with Crippen LogP contribution in [0.4, 0.5) is 18.9 Å². The highest BCUT2D eigenvalue weighted by molar-refractivity contribution is 6.04. The van der Waals surface area contributed by atoms with E-state index in [9.17, 15) is 18.0 Å². The fourth-order valence-corrected chi connectivity index (χ4v) is 3.26. The highest BCUT2D eigenvalue weighted by atomic mass is 19.4. The van der Waals surface area contributed by atoms with E-state index >= 15 is 0 Å². The van der Waals surface area contributed by atoms with Crippen molar-refractivity contribution in [2.45, 2.75) is 6.36 Å². The number of halogens is 3. The number of aryl methyl sites for hydroxylation is 1. The number of anilines is 1. The number of aromatic amines is 1. The second-order valence-electron chi connectivity index (χ2n) is 6.86. The number of amides is 1. The first kappa shape index (κ1) is 20.3. The molecule has 2 aromatic heterocycles. The van der Waals surface area contributed by atoms with Crippen molar-refractivity contribution in [1.29, 1.82) is 0 Å². The number of aromatic nitrogens is 3. The second-order valence-corrected chi connectivity index (χ2v) is 6.86. The summed E-state index contributed by atoms with van der Waals surface area (Å²) in [6, 6.07) is 11.0. The molecule has 2 heterocycles. The van der Waals surface area contributed by atoms with E-state index in [1.165, 1.54) is 30.3 Å². The zero-order chi connectivity index (χ0) is 22.2. The maximum Gasteiger partial charge on any atom is 0.573 e. The van der Waals surface area contributed by atoms with Crippen LogP contribution in [0.2, 0.25) is 0 Å². The Labute approximate surface area is 175 Å². The van der Waals surface area contributed by atoms with Crippen LogP contribution in [0.1, 0.15) is 0 Å². The first-order chi connectivity index (χ1) is 14.7. The summed E-state index contributed by atoms with van der Waals surface area (Å²) in [5.74, 6) is -0.640. The maximum atomic E-state index is 12.4. The third-order valence-corrected chi connectivity index (χ3v) is 4.56. The van der Waals surface area contributed by atoms with E-state index in [1.807, 2.05) is 19.3 Å². The van der Waals surface area contributed by atoms with Gasteiger partial charge in [0.2, 0.25) is 5.91 Å². The van der Waals surface area contributed by atoms with Crippen molar-refractivity contribution in [2.24, 2.45) is 7.05 Å². The van der Waals surface area contributed by atoms with Crippen LogP contribution in [0.5, 0.6) is 5.75 Å². The molecule has 31 heavy (non-hydrogen) atoms. The molecule has 2 N–H and O–H groups in total. The molecule has 2 aromatic carbocycles. The van der Waals surface area contributed by atoms with Crippen LogP contribution in [0, 0.1) is 0 Å². The van der Waals surface area contributed by atoms with Crippen LogP contribution in [0.3, 0.4) is 0 Å². The summed E-state index contributed by atoms with van der Waals surface area (Å²) in [6.45, 7) is 3.46. The summed E-state index contributed by atoms with van der Waals surface area (Å²) in [7, 11) is 1.85. The summed E-state index contributed by atoms with van der Waals surface area (Å²) in [5, 5.41) is 3.55. The molecule has 9 heteroatoms. The average molecular weight is 426 g/mol. The first-order valence-electron chi connectivity index (χ1n) is 9.16. The van der Waals surface area contributed by atoms with Crippen molar-refractivity contribution >= 4 is 22.5 Å². The van der Waals surface area contributed by atoms with Gasteiger partial charge in [-0.3, -0.25) is 4.79 Å². The van der Waals surface area contributed by atoms with Gasteiger partial charge in [-0.05, 0) is 54.1 Å². The minimum absolute atomic E-state index is 0.295. The maximum absolute atomic E-state index is 12.4. The Morgan fingerprint density at radius 2 is 1.97 bits per heavy atom. The Hall–Kier alpha value is -4.01. The van der Waals surface area contributed by atoms with Crippen LogP contribution < -0.4 is 10.1 Å². The van der Waals surface area contributed by atoms with Crippen LogP contribution in [-0.4, -0.2) is 26.8 Å². The van der Waals surface area contributed by atoms with Gasteiger partial charge in [-0.1, -0.05) is 6.58 Å². The van der Waals surface area contributed by atoms with Gasteiger partial charge in [0.05, 0.1) is 17.5 Å². The normalized spacial score (nSPS) is 11.5. The summed E-state index contributed by atoms with van der Waals surface area (Å²) in [5.41, 5.74) is 4.18. The number of hydrogen-bond acceptors (Lipinski definition) is 3. The largest absolute Gasteiger partial charge is 0.573 e. The van der Waals surface area contributed by atoms with Crippen molar-refractivity contribution in [3.05, 3.63) is 67.6 Å². The zero-order valence-corrected chi connectivity index (χ0v) is 16.3. The van der Waals surface area contributed by atoms with Crippen molar-refractivity contribution in [2.75, 3.05) is 5.32 Å². The van der Waals surface area contributed by atoms with E-state index in [1.54, 1.807) is 23.0 Å². The van der Waals surface area contributed by atoms with Gasteiger partial charge in [-0.2, -0.15) is 0 Å². The molecule has 0 spiro atoms. The van der Waals surface area contributed by atoms with Gasteiger partial charge >= 0.3 is 6.36 Å². The van der Waals surface area contributed by atoms with Crippen LogP contribution in [0.25, 0.3) is 33.4 Å². The number of benzene rings is 2. The van der Waals surface area contributed by atoms with Crippen LogP contribution in [-0.2, 0) is 11.8 Å². The van der Waals surface area contributed by atoms with Gasteiger partial charge in [-0.15, -0.1) is 13.2 Å². The number of nitrogens with zero attached hydrogens (tertiary/aromatic N) is 2. The van der Waals surface area contributed by atoms with Crippen LogP contribution >= 0.6 is 0 Å². The number of nitrogens with one attached hydrogen (secondary N) is 2. The molecule has 0 fully saturated rings. The molecule has 0 saturated heterocycles. The van der Waals surface area contributed by atoms with E-state index in [0.29, 0.717) is 22.6 Å². The fourth-order valence-electron chi connectivity index (χ4n) is 3.26. The third-order valence-electron chi connectivity index (χ3n) is 4.56. The predicted molar refractivity (Wildman–Crippen MR) is 111 cm³/mol. The van der Waals surface area contributed by atoms with Crippen LogP contribution in [0.15, 0.2) is 67.6 Å². The van der Waals surface area contributed by atoms with E-state index in [0.717, 1.165) is 16.5 Å². The van der Waals surface area contributed by atoms with Gasteiger partial charge < -0.3 is 19.6 Å². The molecule has 0 saturated carbocycles. The fraction of sp³-hybridized carbons (Fsp3) is 0.0909. The molecule has 4 aromatic rings. The number of ether oxygens (including phenoxy) is 1. The van der Waals surface area contributed by atoms with E-state index in [2.05, 4.69) is 26.6 Å². The zero-order valence-electron chi connectivity index (χ0n) is 16.3. The van der Waals surface area contributed by atoms with Gasteiger partial charge in [0.1, 0.15) is 5.75 Å². The number of carbonyl (C=O) groups is 1. The monoisotopic (exact) mass is 426 g/mol. The Morgan fingerprint density at radius 1 is 1.23 bits per heavy atom. The minimum Gasteiger partial charge on any atom is -0.406 e. The number of rotatable bonds is 5. The Bertz CT molecular complexity index is 1270. The molecule has 4 rings (SSSR count).